The monoisotopic (exact) mass is 587 g/mol. The van der Waals surface area contributed by atoms with Gasteiger partial charge in [-0.1, -0.05) is 67.9 Å². The molecule has 0 bridgehead atoms. The molecule has 1 heterocycles. The van der Waals surface area contributed by atoms with Crippen molar-refractivity contribution >= 4 is 27.5 Å². The van der Waals surface area contributed by atoms with Gasteiger partial charge < -0.3 is 15.0 Å². The van der Waals surface area contributed by atoms with E-state index in [0.29, 0.717) is 24.5 Å². The molecule has 0 saturated heterocycles. The minimum absolute atomic E-state index is 0.136. The summed E-state index contributed by atoms with van der Waals surface area (Å²) < 4.78 is 48.4. The molecule has 2 atom stereocenters. The van der Waals surface area contributed by atoms with E-state index in [1.54, 1.807) is 24.3 Å². The number of fused-ring (bicyclic) bond motifs is 1. The summed E-state index contributed by atoms with van der Waals surface area (Å²) in [6, 6.07) is 17.0. The van der Waals surface area contributed by atoms with Crippen molar-refractivity contribution in [3.63, 3.8) is 0 Å². The van der Waals surface area contributed by atoms with Crippen LogP contribution in [0.2, 0.25) is 5.02 Å². The fourth-order valence-corrected chi connectivity index (χ4v) is 6.43. The van der Waals surface area contributed by atoms with E-state index in [0.717, 1.165) is 48.2 Å². The highest BCUT2D eigenvalue weighted by atomic mass is 35.5. The highest BCUT2D eigenvalue weighted by Crippen LogP contribution is 2.33. The zero-order valence-electron chi connectivity index (χ0n) is 22.9. The summed E-state index contributed by atoms with van der Waals surface area (Å²) in [6.07, 6.45) is 0.462. The first kappa shape index (κ1) is 30.0. The molecule has 3 aromatic rings. The number of rotatable bonds is 11. The zero-order valence-corrected chi connectivity index (χ0v) is 24.4. The molecule has 3 aromatic carbocycles. The molecule has 1 aliphatic rings. The molecule has 40 heavy (non-hydrogen) atoms. The predicted octanol–water partition coefficient (Wildman–Crippen LogP) is 5.62. The third kappa shape index (κ3) is 7.81. The van der Waals surface area contributed by atoms with Crippen LogP contribution in [0.3, 0.4) is 0 Å². The Bertz CT molecular complexity index is 1440. The number of amides is 1. The maximum atomic E-state index is 13.6. The molecule has 0 radical (unpaired) electrons. The summed E-state index contributed by atoms with van der Waals surface area (Å²) >= 11 is 5.82. The largest absolute Gasteiger partial charge is 0.493 e. The van der Waals surface area contributed by atoms with E-state index in [9.17, 15) is 17.6 Å². The van der Waals surface area contributed by atoms with Crippen molar-refractivity contribution in [2.45, 2.75) is 50.2 Å². The second-order valence-corrected chi connectivity index (χ2v) is 12.7. The van der Waals surface area contributed by atoms with Gasteiger partial charge in [-0.15, -0.1) is 0 Å². The van der Waals surface area contributed by atoms with Gasteiger partial charge in [-0.05, 0) is 48.4 Å². The molecule has 2 unspecified atom stereocenters. The van der Waals surface area contributed by atoms with Crippen molar-refractivity contribution in [2.24, 2.45) is 5.92 Å². The summed E-state index contributed by atoms with van der Waals surface area (Å²) in [5.41, 5.74) is 2.65. The van der Waals surface area contributed by atoms with Gasteiger partial charge in [0.2, 0.25) is 15.9 Å². The van der Waals surface area contributed by atoms with E-state index in [4.69, 9.17) is 16.3 Å². The fourth-order valence-electron chi connectivity index (χ4n) is 4.93. The number of carbonyl (C=O) groups is 1. The number of carbonyl (C=O) groups excluding carboxylic acids is 1. The number of nitrogens with zero attached hydrogens (tertiary/aromatic N) is 1. The molecule has 7 nitrogen and oxygen atoms in total. The fraction of sp³-hybridized carbons (Fsp3) is 0.367. The highest BCUT2D eigenvalue weighted by molar-refractivity contribution is 7.89. The van der Waals surface area contributed by atoms with Crippen molar-refractivity contribution in [1.29, 1.82) is 0 Å². The lowest BCUT2D eigenvalue weighted by atomic mass is 9.97. The number of ether oxygens (including phenoxy) is 1. The van der Waals surface area contributed by atoms with Crippen LogP contribution in [0.4, 0.5) is 4.39 Å². The van der Waals surface area contributed by atoms with Crippen LogP contribution < -0.4 is 14.8 Å². The van der Waals surface area contributed by atoms with Gasteiger partial charge in [-0.3, -0.25) is 4.79 Å². The van der Waals surface area contributed by atoms with Crippen molar-refractivity contribution in [3.8, 4) is 5.75 Å². The first-order chi connectivity index (χ1) is 19.0. The average Bonchev–Trinajstić information content (AvgIpc) is 2.89. The van der Waals surface area contributed by atoms with Gasteiger partial charge in [0.15, 0.2) is 0 Å². The molecule has 214 valence electrons. The van der Waals surface area contributed by atoms with Gasteiger partial charge in [0.05, 0.1) is 28.6 Å². The van der Waals surface area contributed by atoms with Crippen molar-refractivity contribution in [1.82, 2.24) is 14.9 Å². The number of halogens is 2. The van der Waals surface area contributed by atoms with Crippen LogP contribution in [-0.2, 0) is 21.4 Å². The molecular formula is C30H35ClFN3O4S. The molecule has 0 aliphatic carbocycles. The summed E-state index contributed by atoms with van der Waals surface area (Å²) in [5, 5.41) is 2.77. The zero-order chi connectivity index (χ0) is 28.9. The van der Waals surface area contributed by atoms with Gasteiger partial charge in [0, 0.05) is 31.5 Å². The van der Waals surface area contributed by atoms with Crippen LogP contribution in [0.15, 0.2) is 71.6 Å². The van der Waals surface area contributed by atoms with E-state index in [2.05, 4.69) is 41.9 Å². The minimum atomic E-state index is -4.10. The Labute approximate surface area is 240 Å². The minimum Gasteiger partial charge on any atom is -0.493 e. The number of nitrogens with one attached hydrogen (secondary N) is 2. The average molecular weight is 588 g/mol. The van der Waals surface area contributed by atoms with Crippen molar-refractivity contribution in [2.75, 3.05) is 20.2 Å². The van der Waals surface area contributed by atoms with E-state index in [1.165, 1.54) is 0 Å². The predicted molar refractivity (Wildman–Crippen MR) is 154 cm³/mol. The lowest BCUT2D eigenvalue weighted by molar-refractivity contribution is -0.122. The first-order valence-electron chi connectivity index (χ1n) is 13.3. The Morgan fingerprint density at radius 2 is 1.88 bits per heavy atom. The molecule has 2 N–H and O–H groups in total. The Kier molecular flexibility index (Phi) is 9.84. The molecular weight excluding hydrogens is 553 g/mol. The van der Waals surface area contributed by atoms with E-state index in [-0.39, 0.29) is 28.3 Å². The second kappa shape index (κ2) is 13.1. The standard InChI is InChI=1S/C30H35ClFN3O4S/c1-20(2)18-35(3)19-21-9-11-24-27(13-14-39-29(24)15-21)33-30(36)17-28(22-7-5-4-6-8-22)34-40(37,38)23-10-12-26(32)25(31)16-23/h4-12,15-16,20,27-28,34H,13-14,17-19H2,1-3H3,(H,33,36). The summed E-state index contributed by atoms with van der Waals surface area (Å²) in [4.78, 5) is 15.4. The van der Waals surface area contributed by atoms with Crippen LogP contribution >= 0.6 is 11.6 Å². The molecule has 0 fully saturated rings. The third-order valence-corrected chi connectivity index (χ3v) is 8.43. The Balaban J connectivity index is 1.49. The number of hydrogen-bond acceptors (Lipinski definition) is 5. The van der Waals surface area contributed by atoms with Gasteiger partial charge in [0.1, 0.15) is 11.6 Å². The first-order valence-corrected chi connectivity index (χ1v) is 15.1. The second-order valence-electron chi connectivity index (χ2n) is 10.6. The van der Waals surface area contributed by atoms with Gasteiger partial charge in [-0.25, -0.2) is 17.5 Å². The Morgan fingerprint density at radius 1 is 1.12 bits per heavy atom. The van der Waals surface area contributed by atoms with E-state index in [1.807, 2.05) is 18.2 Å². The van der Waals surface area contributed by atoms with Gasteiger partial charge >= 0.3 is 0 Å². The quantitative estimate of drug-likeness (QED) is 0.304. The maximum absolute atomic E-state index is 13.6. The van der Waals surface area contributed by atoms with Crippen molar-refractivity contribution < 1.29 is 22.3 Å². The lowest BCUT2D eigenvalue weighted by Gasteiger charge is -2.28. The number of sulfonamides is 1. The van der Waals surface area contributed by atoms with Gasteiger partial charge in [0.25, 0.3) is 0 Å². The van der Waals surface area contributed by atoms with Crippen LogP contribution in [0.5, 0.6) is 5.75 Å². The highest BCUT2D eigenvalue weighted by Gasteiger charge is 2.28. The summed E-state index contributed by atoms with van der Waals surface area (Å²) in [6.45, 7) is 6.61. The molecule has 1 amide bonds. The molecule has 0 spiro atoms. The Hall–Kier alpha value is -2.98. The van der Waals surface area contributed by atoms with Crippen LogP contribution in [0, 0.1) is 11.7 Å². The SMILES string of the molecule is CC(C)CN(C)Cc1ccc2c(c1)OCCC2NC(=O)CC(NS(=O)(=O)c1ccc(F)c(Cl)c1)c1ccccc1. The summed E-state index contributed by atoms with van der Waals surface area (Å²) in [7, 11) is -2.01. The molecule has 1 aliphatic heterocycles. The van der Waals surface area contributed by atoms with Crippen LogP contribution in [0.25, 0.3) is 0 Å². The topological polar surface area (TPSA) is 87.7 Å². The van der Waals surface area contributed by atoms with E-state index >= 15 is 0 Å². The molecule has 0 aromatic heterocycles. The normalized spacial score (nSPS) is 15.9. The smallest absolute Gasteiger partial charge is 0.241 e. The van der Waals surface area contributed by atoms with Crippen molar-refractivity contribution in [3.05, 3.63) is 94.3 Å². The number of hydrogen-bond donors (Lipinski definition) is 2. The molecule has 0 saturated carbocycles. The molecule has 4 rings (SSSR count). The maximum Gasteiger partial charge on any atom is 0.241 e. The number of benzene rings is 3. The van der Waals surface area contributed by atoms with E-state index < -0.39 is 21.9 Å². The third-order valence-electron chi connectivity index (χ3n) is 6.67. The summed E-state index contributed by atoms with van der Waals surface area (Å²) in [5.74, 6) is 0.287. The molecule has 10 heteroatoms. The van der Waals surface area contributed by atoms with Gasteiger partial charge in [-0.2, -0.15) is 0 Å². The van der Waals surface area contributed by atoms with Crippen LogP contribution in [0.1, 0.15) is 55.5 Å². The lowest BCUT2D eigenvalue weighted by Crippen LogP contribution is -2.36. The van der Waals surface area contributed by atoms with Crippen LogP contribution in [-0.4, -0.2) is 39.4 Å². The Morgan fingerprint density at radius 3 is 2.58 bits per heavy atom.